The first-order valence-corrected chi connectivity index (χ1v) is 7.43. The van der Waals surface area contributed by atoms with Crippen LogP contribution in [0.2, 0.25) is 0 Å². The van der Waals surface area contributed by atoms with E-state index in [0.717, 1.165) is 39.6 Å². The minimum Gasteiger partial charge on any atom is -0.496 e. The molecule has 0 spiro atoms. The van der Waals surface area contributed by atoms with Gasteiger partial charge in [-0.2, -0.15) is 0 Å². The highest BCUT2D eigenvalue weighted by molar-refractivity contribution is 7.11. The molecule has 2 aromatic rings. The summed E-state index contributed by atoms with van der Waals surface area (Å²) in [4.78, 5) is 5.69. The standard InChI is InChI=1S/C16H21NO2S/c1-9-8-17-14(20-9)7-13-12(4)15(18-5)10(2)11(3)16(13)19-6/h8H,7H2,1-6H3. The fourth-order valence-corrected chi connectivity index (χ4v) is 3.38. The van der Waals surface area contributed by atoms with Gasteiger partial charge < -0.3 is 9.47 Å². The SMILES string of the molecule is COc1c(C)c(C)c(OC)c(Cc2ncc(C)s2)c1C. The molecule has 1 aromatic heterocycles. The summed E-state index contributed by atoms with van der Waals surface area (Å²) in [5.41, 5.74) is 4.58. The molecule has 108 valence electrons. The Labute approximate surface area is 124 Å². The van der Waals surface area contributed by atoms with Crippen LogP contribution in [0.25, 0.3) is 0 Å². The van der Waals surface area contributed by atoms with Crippen molar-refractivity contribution in [2.24, 2.45) is 0 Å². The third kappa shape index (κ3) is 2.52. The van der Waals surface area contributed by atoms with E-state index in [4.69, 9.17) is 9.47 Å². The molecule has 0 radical (unpaired) electrons. The first-order chi connectivity index (χ1) is 9.49. The second-order valence-electron chi connectivity index (χ2n) is 4.96. The molecule has 3 nitrogen and oxygen atoms in total. The smallest absolute Gasteiger partial charge is 0.126 e. The lowest BCUT2D eigenvalue weighted by Crippen LogP contribution is -2.04. The van der Waals surface area contributed by atoms with Crippen molar-refractivity contribution in [2.75, 3.05) is 14.2 Å². The van der Waals surface area contributed by atoms with E-state index in [9.17, 15) is 0 Å². The lowest BCUT2D eigenvalue weighted by Gasteiger charge is -2.20. The van der Waals surface area contributed by atoms with E-state index in [1.165, 1.54) is 10.4 Å². The van der Waals surface area contributed by atoms with Gasteiger partial charge in [-0.1, -0.05) is 0 Å². The van der Waals surface area contributed by atoms with Gasteiger partial charge in [0.25, 0.3) is 0 Å². The monoisotopic (exact) mass is 291 g/mol. The molecular weight excluding hydrogens is 270 g/mol. The molecule has 0 N–H and O–H groups in total. The molecule has 0 unspecified atom stereocenters. The van der Waals surface area contributed by atoms with E-state index in [0.29, 0.717) is 0 Å². The topological polar surface area (TPSA) is 31.4 Å². The van der Waals surface area contributed by atoms with Crippen molar-refractivity contribution in [3.63, 3.8) is 0 Å². The zero-order valence-electron chi connectivity index (χ0n) is 13.0. The first-order valence-electron chi connectivity index (χ1n) is 6.61. The second-order valence-corrected chi connectivity index (χ2v) is 6.28. The Morgan fingerprint density at radius 3 is 2.05 bits per heavy atom. The van der Waals surface area contributed by atoms with Crippen LogP contribution in [0.5, 0.6) is 11.5 Å². The molecule has 1 aromatic carbocycles. The van der Waals surface area contributed by atoms with Crippen molar-refractivity contribution >= 4 is 11.3 Å². The minimum atomic E-state index is 0.783. The molecule has 0 atom stereocenters. The molecule has 0 amide bonds. The largest absolute Gasteiger partial charge is 0.496 e. The third-order valence-electron chi connectivity index (χ3n) is 3.72. The number of benzene rings is 1. The molecule has 4 heteroatoms. The Balaban J connectivity index is 2.58. The van der Waals surface area contributed by atoms with Crippen LogP contribution < -0.4 is 9.47 Å². The van der Waals surface area contributed by atoms with E-state index >= 15 is 0 Å². The van der Waals surface area contributed by atoms with Crippen LogP contribution in [-0.4, -0.2) is 19.2 Å². The van der Waals surface area contributed by atoms with Crippen molar-refractivity contribution in [2.45, 2.75) is 34.1 Å². The molecule has 2 rings (SSSR count). The number of hydrogen-bond acceptors (Lipinski definition) is 4. The van der Waals surface area contributed by atoms with E-state index in [1.807, 2.05) is 6.20 Å². The van der Waals surface area contributed by atoms with Crippen LogP contribution in [0.15, 0.2) is 6.20 Å². The zero-order chi connectivity index (χ0) is 14.9. The fraction of sp³-hybridized carbons (Fsp3) is 0.438. The molecule has 0 fully saturated rings. The van der Waals surface area contributed by atoms with Crippen LogP contribution in [0.1, 0.15) is 32.1 Å². The fourth-order valence-electron chi connectivity index (χ4n) is 2.59. The van der Waals surface area contributed by atoms with Crippen molar-refractivity contribution in [3.05, 3.63) is 38.3 Å². The Hall–Kier alpha value is -1.55. The summed E-state index contributed by atoms with van der Waals surface area (Å²) >= 11 is 1.73. The lowest BCUT2D eigenvalue weighted by molar-refractivity contribution is 0.391. The number of nitrogens with zero attached hydrogens (tertiary/aromatic N) is 1. The van der Waals surface area contributed by atoms with Crippen molar-refractivity contribution < 1.29 is 9.47 Å². The number of hydrogen-bond donors (Lipinski definition) is 0. The maximum atomic E-state index is 5.64. The number of thiazole rings is 1. The maximum Gasteiger partial charge on any atom is 0.126 e. The van der Waals surface area contributed by atoms with E-state index < -0.39 is 0 Å². The number of ether oxygens (including phenoxy) is 2. The molecule has 1 heterocycles. The van der Waals surface area contributed by atoms with Gasteiger partial charge in [0.15, 0.2) is 0 Å². The van der Waals surface area contributed by atoms with Gasteiger partial charge in [-0.05, 0) is 44.4 Å². The Bertz CT molecular complexity index is 632. The van der Waals surface area contributed by atoms with Crippen molar-refractivity contribution in [1.82, 2.24) is 4.98 Å². The number of methoxy groups -OCH3 is 2. The Morgan fingerprint density at radius 2 is 1.55 bits per heavy atom. The summed E-state index contributed by atoms with van der Waals surface area (Å²) in [6.07, 6.45) is 2.70. The van der Waals surface area contributed by atoms with Gasteiger partial charge >= 0.3 is 0 Å². The van der Waals surface area contributed by atoms with Crippen LogP contribution in [0.3, 0.4) is 0 Å². The van der Waals surface area contributed by atoms with Gasteiger partial charge in [-0.15, -0.1) is 11.3 Å². The summed E-state index contributed by atoms with van der Waals surface area (Å²) in [6, 6.07) is 0. The predicted molar refractivity (Wildman–Crippen MR) is 83.4 cm³/mol. The molecule has 0 bridgehead atoms. The average Bonchev–Trinajstić information content (AvgIpc) is 2.83. The van der Waals surface area contributed by atoms with Crippen LogP contribution in [-0.2, 0) is 6.42 Å². The van der Waals surface area contributed by atoms with Crippen molar-refractivity contribution in [3.8, 4) is 11.5 Å². The molecule has 0 saturated carbocycles. The first kappa shape index (κ1) is 14.9. The van der Waals surface area contributed by atoms with Gasteiger partial charge in [-0.3, -0.25) is 0 Å². The lowest BCUT2D eigenvalue weighted by atomic mass is 9.95. The zero-order valence-corrected chi connectivity index (χ0v) is 13.8. The van der Waals surface area contributed by atoms with Crippen molar-refractivity contribution in [1.29, 1.82) is 0 Å². The summed E-state index contributed by atoms with van der Waals surface area (Å²) in [6.45, 7) is 8.31. The molecule has 20 heavy (non-hydrogen) atoms. The highest BCUT2D eigenvalue weighted by atomic mass is 32.1. The van der Waals surface area contributed by atoms with E-state index in [2.05, 4.69) is 32.7 Å². The quantitative estimate of drug-likeness (QED) is 0.853. The summed E-state index contributed by atoms with van der Waals surface area (Å²) in [5.74, 6) is 1.90. The van der Waals surface area contributed by atoms with Gasteiger partial charge in [0.2, 0.25) is 0 Å². The normalized spacial score (nSPS) is 10.7. The third-order valence-corrected chi connectivity index (χ3v) is 4.63. The number of aryl methyl sites for hydroxylation is 1. The van der Waals surface area contributed by atoms with E-state index in [-0.39, 0.29) is 0 Å². The highest BCUT2D eigenvalue weighted by Gasteiger charge is 2.19. The molecular formula is C16H21NO2S. The summed E-state index contributed by atoms with van der Waals surface area (Å²) in [7, 11) is 3.45. The maximum absolute atomic E-state index is 5.64. The second kappa shape index (κ2) is 5.83. The van der Waals surface area contributed by atoms with Crippen LogP contribution in [0, 0.1) is 27.7 Å². The highest BCUT2D eigenvalue weighted by Crippen LogP contribution is 2.38. The van der Waals surface area contributed by atoms with E-state index in [1.54, 1.807) is 25.6 Å². The van der Waals surface area contributed by atoms with Gasteiger partial charge in [0.05, 0.1) is 19.2 Å². The Morgan fingerprint density at radius 1 is 0.950 bits per heavy atom. The number of rotatable bonds is 4. The summed E-state index contributed by atoms with van der Waals surface area (Å²) in [5, 5.41) is 1.11. The molecule has 0 saturated heterocycles. The molecule has 0 aliphatic heterocycles. The minimum absolute atomic E-state index is 0.783. The van der Waals surface area contributed by atoms with Crippen LogP contribution >= 0.6 is 11.3 Å². The van der Waals surface area contributed by atoms with Crippen LogP contribution in [0.4, 0.5) is 0 Å². The average molecular weight is 291 g/mol. The molecule has 0 aliphatic rings. The van der Waals surface area contributed by atoms with Gasteiger partial charge in [0.1, 0.15) is 11.5 Å². The Kier molecular flexibility index (Phi) is 4.33. The van der Waals surface area contributed by atoms with Gasteiger partial charge in [0, 0.05) is 23.1 Å². The summed E-state index contributed by atoms with van der Waals surface area (Å²) < 4.78 is 11.2. The molecule has 0 aliphatic carbocycles. The number of aromatic nitrogens is 1. The van der Waals surface area contributed by atoms with Gasteiger partial charge in [-0.25, -0.2) is 4.98 Å². The predicted octanol–water partition coefficient (Wildman–Crippen LogP) is 3.98.